The highest BCUT2D eigenvalue weighted by molar-refractivity contribution is 7.98. The second kappa shape index (κ2) is 4.51. The summed E-state index contributed by atoms with van der Waals surface area (Å²) in [7, 11) is 0. The van der Waals surface area contributed by atoms with Gasteiger partial charge in [-0.05, 0) is 30.5 Å². The van der Waals surface area contributed by atoms with Crippen molar-refractivity contribution in [3.05, 3.63) is 42.5 Å². The number of nitrogens with two attached hydrogens (primary N) is 1. The lowest BCUT2D eigenvalue weighted by atomic mass is 10.3. The lowest BCUT2D eigenvalue weighted by Gasteiger charge is -2.06. The summed E-state index contributed by atoms with van der Waals surface area (Å²) in [6, 6.07) is 8.35. The van der Waals surface area contributed by atoms with Gasteiger partial charge in [0.25, 0.3) is 0 Å². The summed E-state index contributed by atoms with van der Waals surface area (Å²) in [4.78, 5) is 5.35. The van der Waals surface area contributed by atoms with E-state index >= 15 is 0 Å². The Morgan fingerprint density at radius 2 is 2.07 bits per heavy atom. The van der Waals surface area contributed by atoms with Crippen molar-refractivity contribution in [1.29, 1.82) is 0 Å². The van der Waals surface area contributed by atoms with E-state index in [0.29, 0.717) is 6.54 Å². The fourth-order valence-corrected chi connectivity index (χ4v) is 1.86. The van der Waals surface area contributed by atoms with Gasteiger partial charge in [-0.3, -0.25) is 0 Å². The third-order valence-electron chi connectivity index (χ3n) is 2.27. The minimum atomic E-state index is 0.504. The smallest absolute Gasteiger partial charge is 0.0994 e. The highest BCUT2D eigenvalue weighted by Crippen LogP contribution is 2.18. The van der Waals surface area contributed by atoms with Gasteiger partial charge in [-0.1, -0.05) is 0 Å². The Balaban J connectivity index is 2.37. The van der Waals surface area contributed by atoms with Crippen LogP contribution in [0.25, 0.3) is 5.69 Å². The maximum Gasteiger partial charge on any atom is 0.0994 e. The van der Waals surface area contributed by atoms with Crippen molar-refractivity contribution in [3.63, 3.8) is 0 Å². The van der Waals surface area contributed by atoms with E-state index in [-0.39, 0.29) is 0 Å². The molecule has 2 N–H and O–H groups in total. The van der Waals surface area contributed by atoms with E-state index in [0.717, 1.165) is 11.4 Å². The zero-order valence-corrected chi connectivity index (χ0v) is 9.37. The molecule has 0 aliphatic rings. The summed E-state index contributed by atoms with van der Waals surface area (Å²) in [5.74, 6) is 0. The van der Waals surface area contributed by atoms with Crippen LogP contribution in [-0.2, 0) is 6.54 Å². The molecule has 0 radical (unpaired) electrons. The summed E-state index contributed by atoms with van der Waals surface area (Å²) in [6.07, 6.45) is 5.65. The van der Waals surface area contributed by atoms with Crippen LogP contribution in [0.15, 0.2) is 41.7 Å². The van der Waals surface area contributed by atoms with E-state index in [4.69, 9.17) is 5.73 Å². The third kappa shape index (κ3) is 2.06. The Kier molecular flexibility index (Phi) is 3.08. The van der Waals surface area contributed by atoms with Gasteiger partial charge in [0.15, 0.2) is 0 Å². The SMILES string of the molecule is CSc1ccc(-n2cncc2CN)cc1. The molecule has 2 aromatic rings. The Morgan fingerprint density at radius 1 is 1.33 bits per heavy atom. The molecular formula is C11H13N3S. The number of aromatic nitrogens is 2. The van der Waals surface area contributed by atoms with E-state index in [2.05, 4.69) is 35.5 Å². The van der Waals surface area contributed by atoms with Crippen LogP contribution in [0.5, 0.6) is 0 Å². The molecule has 1 aromatic carbocycles. The van der Waals surface area contributed by atoms with Crippen LogP contribution in [-0.4, -0.2) is 15.8 Å². The quantitative estimate of drug-likeness (QED) is 0.803. The van der Waals surface area contributed by atoms with Crippen molar-refractivity contribution in [3.8, 4) is 5.69 Å². The number of hydrogen-bond donors (Lipinski definition) is 1. The summed E-state index contributed by atoms with van der Waals surface area (Å²) in [5, 5.41) is 0. The summed E-state index contributed by atoms with van der Waals surface area (Å²) in [5.41, 5.74) is 7.75. The van der Waals surface area contributed by atoms with Gasteiger partial charge in [0.2, 0.25) is 0 Å². The molecule has 0 spiro atoms. The van der Waals surface area contributed by atoms with E-state index in [1.165, 1.54) is 4.90 Å². The van der Waals surface area contributed by atoms with Crippen LogP contribution in [0.1, 0.15) is 5.69 Å². The standard InChI is InChI=1S/C11H13N3S/c1-15-11-4-2-9(3-5-11)14-8-13-7-10(14)6-12/h2-5,7-8H,6,12H2,1H3. The molecule has 1 heterocycles. The maximum atomic E-state index is 5.62. The third-order valence-corrected chi connectivity index (χ3v) is 3.02. The van der Waals surface area contributed by atoms with Gasteiger partial charge in [0.1, 0.15) is 0 Å². The monoisotopic (exact) mass is 219 g/mol. The highest BCUT2D eigenvalue weighted by Gasteiger charge is 2.01. The largest absolute Gasteiger partial charge is 0.325 e. The zero-order chi connectivity index (χ0) is 10.7. The van der Waals surface area contributed by atoms with Crippen LogP contribution >= 0.6 is 11.8 Å². The fraction of sp³-hybridized carbons (Fsp3) is 0.182. The minimum absolute atomic E-state index is 0.504. The molecule has 0 amide bonds. The average molecular weight is 219 g/mol. The van der Waals surface area contributed by atoms with Crippen LogP contribution in [0.4, 0.5) is 0 Å². The number of rotatable bonds is 3. The predicted octanol–water partition coefficient (Wildman–Crippen LogP) is 2.05. The number of thioether (sulfide) groups is 1. The Hall–Kier alpha value is -1.26. The number of imidazole rings is 1. The Morgan fingerprint density at radius 3 is 2.67 bits per heavy atom. The first kappa shape index (κ1) is 10.3. The Bertz CT molecular complexity index is 433. The molecule has 2 rings (SSSR count). The van der Waals surface area contributed by atoms with Crippen molar-refractivity contribution in [2.45, 2.75) is 11.4 Å². The van der Waals surface area contributed by atoms with E-state index < -0.39 is 0 Å². The normalized spacial score (nSPS) is 10.5. The van der Waals surface area contributed by atoms with Crippen molar-refractivity contribution in [2.75, 3.05) is 6.26 Å². The van der Waals surface area contributed by atoms with Gasteiger partial charge in [0, 0.05) is 23.3 Å². The first-order valence-corrected chi connectivity index (χ1v) is 5.93. The zero-order valence-electron chi connectivity index (χ0n) is 8.55. The predicted molar refractivity (Wildman–Crippen MR) is 63.2 cm³/mol. The maximum absolute atomic E-state index is 5.62. The molecule has 3 nitrogen and oxygen atoms in total. The highest BCUT2D eigenvalue weighted by atomic mass is 32.2. The molecular weight excluding hydrogens is 206 g/mol. The molecule has 0 aliphatic heterocycles. The van der Waals surface area contributed by atoms with E-state index in [9.17, 15) is 0 Å². The number of benzene rings is 1. The molecule has 0 atom stereocenters. The minimum Gasteiger partial charge on any atom is -0.325 e. The van der Waals surface area contributed by atoms with Crippen LogP contribution in [0, 0.1) is 0 Å². The second-order valence-electron chi connectivity index (χ2n) is 3.16. The van der Waals surface area contributed by atoms with Crippen LogP contribution in [0.3, 0.4) is 0 Å². The van der Waals surface area contributed by atoms with Gasteiger partial charge in [-0.15, -0.1) is 11.8 Å². The lowest BCUT2D eigenvalue weighted by molar-refractivity contribution is 0.909. The topological polar surface area (TPSA) is 43.8 Å². The first-order valence-electron chi connectivity index (χ1n) is 4.71. The molecule has 0 aliphatic carbocycles. The summed E-state index contributed by atoms with van der Waals surface area (Å²) < 4.78 is 2.00. The van der Waals surface area contributed by atoms with E-state index in [1.54, 1.807) is 24.3 Å². The number of nitrogens with zero attached hydrogens (tertiary/aromatic N) is 2. The second-order valence-corrected chi connectivity index (χ2v) is 4.04. The first-order chi connectivity index (χ1) is 7.35. The molecule has 1 aromatic heterocycles. The van der Waals surface area contributed by atoms with Gasteiger partial charge in [0.05, 0.1) is 12.0 Å². The van der Waals surface area contributed by atoms with Crippen molar-refractivity contribution < 1.29 is 0 Å². The van der Waals surface area contributed by atoms with E-state index in [1.807, 2.05) is 4.57 Å². The lowest BCUT2D eigenvalue weighted by Crippen LogP contribution is -2.04. The average Bonchev–Trinajstić information content (AvgIpc) is 2.77. The molecule has 0 saturated carbocycles. The summed E-state index contributed by atoms with van der Waals surface area (Å²) >= 11 is 1.74. The molecule has 4 heteroatoms. The Labute approximate surface area is 93.3 Å². The van der Waals surface area contributed by atoms with Gasteiger partial charge in [-0.2, -0.15) is 0 Å². The van der Waals surface area contributed by atoms with Crippen molar-refractivity contribution in [1.82, 2.24) is 9.55 Å². The van der Waals surface area contributed by atoms with Crippen LogP contribution in [0.2, 0.25) is 0 Å². The summed E-state index contributed by atoms with van der Waals surface area (Å²) in [6.45, 7) is 0.504. The molecule has 78 valence electrons. The van der Waals surface area contributed by atoms with Crippen molar-refractivity contribution in [2.24, 2.45) is 5.73 Å². The van der Waals surface area contributed by atoms with Gasteiger partial charge >= 0.3 is 0 Å². The fourth-order valence-electron chi connectivity index (χ4n) is 1.45. The molecule has 0 fully saturated rings. The van der Waals surface area contributed by atoms with Crippen LogP contribution < -0.4 is 5.73 Å². The van der Waals surface area contributed by atoms with Crippen molar-refractivity contribution >= 4 is 11.8 Å². The molecule has 0 unspecified atom stereocenters. The number of hydrogen-bond acceptors (Lipinski definition) is 3. The van der Waals surface area contributed by atoms with Gasteiger partial charge in [-0.25, -0.2) is 4.98 Å². The molecule has 15 heavy (non-hydrogen) atoms. The molecule has 0 saturated heterocycles. The van der Waals surface area contributed by atoms with Gasteiger partial charge < -0.3 is 10.3 Å². The molecule has 0 bridgehead atoms.